The summed E-state index contributed by atoms with van der Waals surface area (Å²) < 4.78 is 26.7. The van der Waals surface area contributed by atoms with Gasteiger partial charge in [-0.25, -0.2) is 8.78 Å². The van der Waals surface area contributed by atoms with Gasteiger partial charge < -0.3 is 0 Å². The van der Waals surface area contributed by atoms with E-state index in [9.17, 15) is 8.78 Å². The molecule has 0 aliphatic rings. The molecule has 1 aromatic heterocycles. The second kappa shape index (κ2) is 6.04. The summed E-state index contributed by atoms with van der Waals surface area (Å²) >= 11 is 1.61. The van der Waals surface area contributed by atoms with E-state index in [-0.39, 0.29) is 11.6 Å². The molecule has 96 valence electrons. The summed E-state index contributed by atoms with van der Waals surface area (Å²) in [5.74, 6) is 4.53. The Morgan fingerprint density at radius 3 is 2.78 bits per heavy atom. The molecule has 1 heterocycles. The topological polar surface area (TPSA) is 38.0 Å². The van der Waals surface area contributed by atoms with Crippen LogP contribution in [-0.2, 0) is 6.42 Å². The van der Waals surface area contributed by atoms with Gasteiger partial charge in [0.2, 0.25) is 0 Å². The van der Waals surface area contributed by atoms with Crippen molar-refractivity contribution in [2.75, 3.05) is 0 Å². The van der Waals surface area contributed by atoms with Crippen LogP contribution >= 0.6 is 11.3 Å². The SMILES string of the molecule is NNC(CCc1ccsc1)c1cc(F)ccc1F. The summed E-state index contributed by atoms with van der Waals surface area (Å²) in [5, 5.41) is 4.03. The van der Waals surface area contributed by atoms with Crippen LogP contribution < -0.4 is 11.3 Å². The molecule has 0 aliphatic carbocycles. The highest BCUT2D eigenvalue weighted by molar-refractivity contribution is 7.07. The lowest BCUT2D eigenvalue weighted by Gasteiger charge is -2.16. The van der Waals surface area contributed by atoms with Gasteiger partial charge in [0, 0.05) is 11.6 Å². The molecule has 0 aliphatic heterocycles. The molecular formula is C13H14F2N2S. The van der Waals surface area contributed by atoms with E-state index in [1.165, 1.54) is 11.6 Å². The van der Waals surface area contributed by atoms with Crippen LogP contribution in [0.1, 0.15) is 23.6 Å². The van der Waals surface area contributed by atoms with Crippen molar-refractivity contribution in [2.24, 2.45) is 5.84 Å². The fraction of sp³-hybridized carbons (Fsp3) is 0.231. The minimum atomic E-state index is -0.456. The molecule has 3 N–H and O–H groups in total. The van der Waals surface area contributed by atoms with Gasteiger partial charge in [-0.1, -0.05) is 0 Å². The second-order valence-electron chi connectivity index (χ2n) is 4.06. The van der Waals surface area contributed by atoms with E-state index in [2.05, 4.69) is 5.43 Å². The van der Waals surface area contributed by atoms with Crippen LogP contribution in [0.25, 0.3) is 0 Å². The first-order valence-electron chi connectivity index (χ1n) is 5.63. The molecule has 2 rings (SSSR count). The lowest BCUT2D eigenvalue weighted by molar-refractivity contribution is 0.480. The molecular weight excluding hydrogens is 254 g/mol. The first-order valence-corrected chi connectivity index (χ1v) is 6.57. The van der Waals surface area contributed by atoms with Crippen molar-refractivity contribution in [1.82, 2.24) is 5.43 Å². The number of hydrogen-bond acceptors (Lipinski definition) is 3. The van der Waals surface area contributed by atoms with Crippen molar-refractivity contribution in [3.63, 3.8) is 0 Å². The Labute approximate surface area is 108 Å². The van der Waals surface area contributed by atoms with E-state index in [1.54, 1.807) is 11.3 Å². The molecule has 0 saturated heterocycles. The van der Waals surface area contributed by atoms with Crippen molar-refractivity contribution < 1.29 is 8.78 Å². The monoisotopic (exact) mass is 268 g/mol. The molecule has 0 fully saturated rings. The molecule has 0 spiro atoms. The smallest absolute Gasteiger partial charge is 0.128 e. The van der Waals surface area contributed by atoms with Crippen molar-refractivity contribution in [1.29, 1.82) is 0 Å². The maximum absolute atomic E-state index is 13.6. The van der Waals surface area contributed by atoms with Gasteiger partial charge in [0.05, 0.1) is 0 Å². The number of thiophene rings is 1. The zero-order valence-electron chi connectivity index (χ0n) is 9.70. The van der Waals surface area contributed by atoms with Gasteiger partial charge in [-0.3, -0.25) is 11.3 Å². The Morgan fingerprint density at radius 2 is 2.11 bits per heavy atom. The van der Waals surface area contributed by atoms with E-state index in [1.807, 2.05) is 16.8 Å². The third-order valence-electron chi connectivity index (χ3n) is 2.84. The molecule has 5 heteroatoms. The standard InChI is InChI=1S/C13H14F2N2S/c14-10-2-3-12(15)11(7-10)13(17-16)4-1-9-5-6-18-8-9/h2-3,5-8,13,17H,1,4,16H2. The molecule has 2 aromatic rings. The molecule has 1 aromatic carbocycles. The Hall–Kier alpha value is -1.30. The zero-order valence-corrected chi connectivity index (χ0v) is 10.5. The van der Waals surface area contributed by atoms with Crippen LogP contribution in [0.4, 0.5) is 8.78 Å². The Bertz CT molecular complexity index is 500. The third-order valence-corrected chi connectivity index (χ3v) is 3.57. The number of rotatable bonds is 5. The summed E-state index contributed by atoms with van der Waals surface area (Å²) in [6.07, 6.45) is 1.39. The highest BCUT2D eigenvalue weighted by atomic mass is 32.1. The van der Waals surface area contributed by atoms with Gasteiger partial charge in [0.15, 0.2) is 0 Å². The molecule has 18 heavy (non-hydrogen) atoms. The number of hydrazine groups is 1. The van der Waals surface area contributed by atoms with E-state index < -0.39 is 11.6 Å². The van der Waals surface area contributed by atoms with Crippen LogP contribution in [0.3, 0.4) is 0 Å². The summed E-state index contributed by atoms with van der Waals surface area (Å²) in [6, 6.07) is 5.04. The summed E-state index contributed by atoms with van der Waals surface area (Å²) in [4.78, 5) is 0. The molecule has 0 amide bonds. The highest BCUT2D eigenvalue weighted by Gasteiger charge is 2.15. The van der Waals surface area contributed by atoms with Gasteiger partial charge in [-0.05, 0) is 53.4 Å². The average Bonchev–Trinajstić information content (AvgIpc) is 2.87. The Morgan fingerprint density at radius 1 is 1.28 bits per heavy atom. The quantitative estimate of drug-likeness (QED) is 0.645. The molecule has 0 saturated carbocycles. The van der Waals surface area contributed by atoms with Gasteiger partial charge in [0.1, 0.15) is 11.6 Å². The minimum absolute atomic E-state index is 0.271. The van der Waals surface area contributed by atoms with Crippen molar-refractivity contribution >= 4 is 11.3 Å². The first kappa shape index (κ1) is 13.1. The Balaban J connectivity index is 2.10. The Kier molecular flexibility index (Phi) is 4.41. The average molecular weight is 268 g/mol. The van der Waals surface area contributed by atoms with Gasteiger partial charge in [-0.2, -0.15) is 11.3 Å². The fourth-order valence-corrected chi connectivity index (χ4v) is 2.56. The number of nitrogens with one attached hydrogen (secondary N) is 1. The molecule has 1 unspecified atom stereocenters. The van der Waals surface area contributed by atoms with Crippen LogP contribution in [0.5, 0.6) is 0 Å². The lowest BCUT2D eigenvalue weighted by atomic mass is 10.00. The van der Waals surface area contributed by atoms with E-state index >= 15 is 0 Å². The molecule has 2 nitrogen and oxygen atoms in total. The van der Waals surface area contributed by atoms with Gasteiger partial charge in [0.25, 0.3) is 0 Å². The largest absolute Gasteiger partial charge is 0.271 e. The van der Waals surface area contributed by atoms with Crippen LogP contribution in [-0.4, -0.2) is 0 Å². The second-order valence-corrected chi connectivity index (χ2v) is 4.84. The van der Waals surface area contributed by atoms with E-state index in [0.29, 0.717) is 6.42 Å². The number of benzene rings is 1. The van der Waals surface area contributed by atoms with E-state index in [4.69, 9.17) is 5.84 Å². The van der Waals surface area contributed by atoms with Crippen LogP contribution in [0, 0.1) is 11.6 Å². The van der Waals surface area contributed by atoms with Gasteiger partial charge in [-0.15, -0.1) is 0 Å². The molecule has 1 atom stereocenters. The highest BCUT2D eigenvalue weighted by Crippen LogP contribution is 2.22. The van der Waals surface area contributed by atoms with Crippen molar-refractivity contribution in [3.8, 4) is 0 Å². The van der Waals surface area contributed by atoms with Crippen LogP contribution in [0.2, 0.25) is 0 Å². The molecule has 0 bridgehead atoms. The lowest BCUT2D eigenvalue weighted by Crippen LogP contribution is -2.29. The van der Waals surface area contributed by atoms with Crippen LogP contribution in [0.15, 0.2) is 35.0 Å². The maximum atomic E-state index is 13.6. The predicted molar refractivity (Wildman–Crippen MR) is 69.1 cm³/mol. The minimum Gasteiger partial charge on any atom is -0.271 e. The van der Waals surface area contributed by atoms with Gasteiger partial charge >= 0.3 is 0 Å². The maximum Gasteiger partial charge on any atom is 0.128 e. The first-order chi connectivity index (χ1) is 8.70. The summed E-state index contributed by atoms with van der Waals surface area (Å²) in [7, 11) is 0. The number of aryl methyl sites for hydroxylation is 1. The zero-order chi connectivity index (χ0) is 13.0. The normalized spacial score (nSPS) is 12.6. The molecule has 0 radical (unpaired) electrons. The summed E-state index contributed by atoms with van der Waals surface area (Å²) in [5.41, 5.74) is 3.99. The number of nitrogens with two attached hydrogens (primary N) is 1. The number of hydrogen-bond donors (Lipinski definition) is 2. The fourth-order valence-electron chi connectivity index (χ4n) is 1.86. The predicted octanol–water partition coefficient (Wildman–Crippen LogP) is 3.16. The van der Waals surface area contributed by atoms with Crippen molar-refractivity contribution in [2.45, 2.75) is 18.9 Å². The van der Waals surface area contributed by atoms with E-state index in [0.717, 1.165) is 18.6 Å². The third kappa shape index (κ3) is 3.13. The number of halogens is 2. The summed E-state index contributed by atoms with van der Waals surface area (Å²) in [6.45, 7) is 0. The van der Waals surface area contributed by atoms with Crippen molar-refractivity contribution in [3.05, 3.63) is 57.8 Å².